The fraction of sp³-hybridized carbons (Fsp3) is 0.100. The molecule has 0 amide bonds. The van der Waals surface area contributed by atoms with Crippen molar-refractivity contribution in [2.24, 2.45) is 0 Å². The van der Waals surface area contributed by atoms with Gasteiger partial charge in [-0.3, -0.25) is 0 Å². The third kappa shape index (κ3) is 3.09. The summed E-state index contributed by atoms with van der Waals surface area (Å²) >= 11 is 1.45. The molecule has 88 valence electrons. The number of nitrogens with zero attached hydrogens (tertiary/aromatic N) is 1. The van der Waals surface area contributed by atoms with Gasteiger partial charge in [0.05, 0.1) is 0 Å². The van der Waals surface area contributed by atoms with Crippen molar-refractivity contribution in [2.45, 2.75) is 10.9 Å². The first kappa shape index (κ1) is 12.2. The van der Waals surface area contributed by atoms with Gasteiger partial charge in [0.15, 0.2) is 5.16 Å². The first-order valence-corrected chi connectivity index (χ1v) is 5.92. The Morgan fingerprint density at radius 2 is 2.24 bits per heavy atom. The maximum atomic E-state index is 13.2. The number of halogens is 1. The Balaban J connectivity index is 2.09. The molecule has 0 spiro atoms. The fourth-order valence-corrected chi connectivity index (χ4v) is 2.13. The summed E-state index contributed by atoms with van der Waals surface area (Å²) in [6.07, 6.45) is 3.37. The smallest absolute Gasteiger partial charge is 0.423 e. The van der Waals surface area contributed by atoms with Crippen LogP contribution < -0.4 is 5.46 Å². The Hall–Kier alpha value is -1.31. The highest BCUT2D eigenvalue weighted by molar-refractivity contribution is 7.98. The molecule has 17 heavy (non-hydrogen) atoms. The third-order valence-corrected chi connectivity index (χ3v) is 3.16. The van der Waals surface area contributed by atoms with Crippen molar-refractivity contribution in [2.75, 3.05) is 0 Å². The normalized spacial score (nSPS) is 10.5. The molecule has 0 unspecified atom stereocenters. The minimum atomic E-state index is -1.79. The average Bonchev–Trinajstić information content (AvgIpc) is 2.80. The molecule has 0 saturated carbocycles. The Labute approximate surface area is 102 Å². The van der Waals surface area contributed by atoms with Crippen molar-refractivity contribution < 1.29 is 14.4 Å². The van der Waals surface area contributed by atoms with Gasteiger partial charge in [-0.25, -0.2) is 9.37 Å². The minimum absolute atomic E-state index is 0.109. The van der Waals surface area contributed by atoms with E-state index >= 15 is 0 Å². The second kappa shape index (κ2) is 5.35. The standard InChI is InChI=1S/C10H10BFN2O2S/c12-9-2-1-7(5-8(9)11(15)16)6-17-10-13-3-4-14-10/h1-5,15-16H,6H2,(H,13,14). The van der Waals surface area contributed by atoms with E-state index in [1.54, 1.807) is 18.5 Å². The summed E-state index contributed by atoms with van der Waals surface area (Å²) < 4.78 is 13.2. The molecule has 1 aromatic heterocycles. The summed E-state index contributed by atoms with van der Waals surface area (Å²) in [7, 11) is -1.79. The number of benzene rings is 1. The van der Waals surface area contributed by atoms with Gasteiger partial charge in [-0.15, -0.1) is 0 Å². The van der Waals surface area contributed by atoms with Crippen LogP contribution in [0.15, 0.2) is 35.7 Å². The highest BCUT2D eigenvalue weighted by atomic mass is 32.2. The number of thioether (sulfide) groups is 1. The van der Waals surface area contributed by atoms with Crippen LogP contribution in [-0.2, 0) is 5.75 Å². The number of hydrogen-bond donors (Lipinski definition) is 3. The van der Waals surface area contributed by atoms with Crippen LogP contribution in [-0.4, -0.2) is 27.1 Å². The van der Waals surface area contributed by atoms with Crippen LogP contribution >= 0.6 is 11.8 Å². The molecule has 2 aromatic rings. The lowest BCUT2D eigenvalue weighted by molar-refractivity contribution is 0.423. The SMILES string of the molecule is OB(O)c1cc(CSc2ncc[nH]2)ccc1F. The van der Waals surface area contributed by atoms with E-state index in [1.165, 1.54) is 23.9 Å². The lowest BCUT2D eigenvalue weighted by Gasteiger charge is -2.05. The van der Waals surface area contributed by atoms with Gasteiger partial charge in [0.1, 0.15) is 5.82 Å². The van der Waals surface area contributed by atoms with Crippen molar-refractivity contribution in [3.05, 3.63) is 42.0 Å². The van der Waals surface area contributed by atoms with Gasteiger partial charge in [-0.2, -0.15) is 0 Å². The molecule has 0 radical (unpaired) electrons. The zero-order valence-electron chi connectivity index (χ0n) is 8.80. The van der Waals surface area contributed by atoms with E-state index in [0.29, 0.717) is 5.75 Å². The van der Waals surface area contributed by atoms with Crippen LogP contribution in [0.1, 0.15) is 5.56 Å². The first-order chi connectivity index (χ1) is 8.16. The molecule has 3 N–H and O–H groups in total. The molecule has 1 heterocycles. The van der Waals surface area contributed by atoms with Crippen molar-refractivity contribution in [3.8, 4) is 0 Å². The number of aromatic nitrogens is 2. The van der Waals surface area contributed by atoms with E-state index in [9.17, 15) is 4.39 Å². The second-order valence-electron chi connectivity index (χ2n) is 3.41. The molecule has 7 heteroatoms. The summed E-state index contributed by atoms with van der Waals surface area (Å²) in [4.78, 5) is 6.98. The Morgan fingerprint density at radius 1 is 1.41 bits per heavy atom. The van der Waals surface area contributed by atoms with Gasteiger partial charge < -0.3 is 15.0 Å². The molecule has 0 saturated heterocycles. The van der Waals surface area contributed by atoms with E-state index in [1.807, 2.05) is 0 Å². The molecular weight excluding hydrogens is 242 g/mol. The topological polar surface area (TPSA) is 69.1 Å². The lowest BCUT2D eigenvalue weighted by Crippen LogP contribution is -2.33. The van der Waals surface area contributed by atoms with Crippen LogP contribution in [0.2, 0.25) is 0 Å². The van der Waals surface area contributed by atoms with Gasteiger partial charge in [-0.1, -0.05) is 23.9 Å². The molecule has 0 fully saturated rings. The van der Waals surface area contributed by atoms with E-state index in [4.69, 9.17) is 10.0 Å². The summed E-state index contributed by atoms with van der Waals surface area (Å²) in [6.45, 7) is 0. The monoisotopic (exact) mass is 252 g/mol. The molecule has 0 aliphatic carbocycles. The van der Waals surface area contributed by atoms with Crippen molar-refractivity contribution in [3.63, 3.8) is 0 Å². The predicted molar refractivity (Wildman–Crippen MR) is 64.4 cm³/mol. The zero-order valence-corrected chi connectivity index (χ0v) is 9.62. The Morgan fingerprint density at radius 3 is 2.88 bits per heavy atom. The molecule has 0 aliphatic heterocycles. The van der Waals surface area contributed by atoms with Crippen molar-refractivity contribution >= 4 is 24.3 Å². The first-order valence-electron chi connectivity index (χ1n) is 4.93. The lowest BCUT2D eigenvalue weighted by atomic mass is 9.79. The molecular formula is C10H10BFN2O2S. The molecule has 0 bridgehead atoms. The van der Waals surface area contributed by atoms with Crippen LogP contribution in [0, 0.1) is 5.82 Å². The van der Waals surface area contributed by atoms with Crippen LogP contribution in [0.25, 0.3) is 0 Å². The van der Waals surface area contributed by atoms with E-state index < -0.39 is 12.9 Å². The van der Waals surface area contributed by atoms with Crippen molar-refractivity contribution in [1.29, 1.82) is 0 Å². The van der Waals surface area contributed by atoms with E-state index in [2.05, 4.69) is 9.97 Å². The number of H-pyrrole nitrogens is 1. The van der Waals surface area contributed by atoms with E-state index in [0.717, 1.165) is 10.7 Å². The quantitative estimate of drug-likeness (QED) is 0.548. The summed E-state index contributed by atoms with van der Waals surface area (Å²) in [5.41, 5.74) is 0.693. The van der Waals surface area contributed by atoms with Gasteiger partial charge in [0, 0.05) is 23.6 Å². The zero-order chi connectivity index (χ0) is 12.3. The van der Waals surface area contributed by atoms with Gasteiger partial charge in [-0.05, 0) is 11.6 Å². The fourth-order valence-electron chi connectivity index (χ4n) is 1.36. The third-order valence-electron chi connectivity index (χ3n) is 2.19. The summed E-state index contributed by atoms with van der Waals surface area (Å²) in [6, 6.07) is 4.28. The molecule has 0 atom stereocenters. The molecule has 4 nitrogen and oxygen atoms in total. The predicted octanol–water partition coefficient (Wildman–Crippen LogP) is 0.521. The summed E-state index contributed by atoms with van der Waals surface area (Å²) in [5, 5.41) is 18.7. The van der Waals surface area contributed by atoms with Crippen LogP contribution in [0.5, 0.6) is 0 Å². The van der Waals surface area contributed by atoms with Crippen LogP contribution in [0.3, 0.4) is 0 Å². The molecule has 0 aliphatic rings. The number of rotatable bonds is 4. The Bertz CT molecular complexity index is 493. The number of hydrogen-bond acceptors (Lipinski definition) is 4. The second-order valence-corrected chi connectivity index (χ2v) is 4.38. The van der Waals surface area contributed by atoms with Gasteiger partial charge in [0.25, 0.3) is 0 Å². The Kier molecular flexibility index (Phi) is 3.83. The largest absolute Gasteiger partial charge is 0.491 e. The van der Waals surface area contributed by atoms with Gasteiger partial charge >= 0.3 is 7.12 Å². The minimum Gasteiger partial charge on any atom is -0.423 e. The highest BCUT2D eigenvalue weighted by Crippen LogP contribution is 2.18. The number of nitrogens with one attached hydrogen (secondary N) is 1. The van der Waals surface area contributed by atoms with Gasteiger partial charge in [0.2, 0.25) is 0 Å². The molecule has 1 aromatic carbocycles. The maximum absolute atomic E-state index is 13.2. The highest BCUT2D eigenvalue weighted by Gasteiger charge is 2.16. The average molecular weight is 252 g/mol. The number of aromatic amines is 1. The number of imidazole rings is 1. The van der Waals surface area contributed by atoms with Crippen LogP contribution in [0.4, 0.5) is 4.39 Å². The summed E-state index contributed by atoms with van der Waals surface area (Å²) in [5.74, 6) is -0.0419. The molecule has 2 rings (SSSR count). The van der Waals surface area contributed by atoms with E-state index in [-0.39, 0.29) is 5.46 Å². The van der Waals surface area contributed by atoms with Crippen molar-refractivity contribution in [1.82, 2.24) is 9.97 Å². The maximum Gasteiger partial charge on any atom is 0.491 e.